The second kappa shape index (κ2) is 5.99. The number of aromatic amines is 1. The Morgan fingerprint density at radius 3 is 2.48 bits per heavy atom. The zero-order valence-corrected chi connectivity index (χ0v) is 13.7. The molecule has 0 aliphatic rings. The van der Waals surface area contributed by atoms with Gasteiger partial charge in [0.2, 0.25) is 5.95 Å². The summed E-state index contributed by atoms with van der Waals surface area (Å²) in [5.41, 5.74) is 7.90. The quantitative estimate of drug-likeness (QED) is 0.578. The van der Waals surface area contributed by atoms with Crippen molar-refractivity contribution in [3.05, 3.63) is 70.0 Å². The summed E-state index contributed by atoms with van der Waals surface area (Å²) in [6.07, 6.45) is 0. The smallest absolute Gasteiger partial charge is 0.259 e. The van der Waals surface area contributed by atoms with E-state index in [0.29, 0.717) is 33.1 Å². The van der Waals surface area contributed by atoms with Crippen LogP contribution in [0, 0.1) is 0 Å². The Kier molecular flexibility index (Phi) is 3.66. The Hall–Kier alpha value is -3.25. The lowest BCUT2D eigenvalue weighted by atomic mass is 10.1. The topological polar surface area (TPSA) is 97.5 Å². The molecule has 2 aromatic heterocycles. The molecule has 4 rings (SSSR count). The fraction of sp³-hybridized carbons (Fsp3) is 0. The van der Waals surface area contributed by atoms with Gasteiger partial charge in [0.1, 0.15) is 5.69 Å². The highest BCUT2D eigenvalue weighted by atomic mass is 35.5. The summed E-state index contributed by atoms with van der Waals surface area (Å²) < 4.78 is 0. The van der Waals surface area contributed by atoms with E-state index in [2.05, 4.69) is 19.9 Å². The minimum Gasteiger partial charge on any atom is -0.368 e. The van der Waals surface area contributed by atoms with E-state index in [9.17, 15) is 4.79 Å². The van der Waals surface area contributed by atoms with Gasteiger partial charge in [-0.05, 0) is 24.3 Å². The lowest BCUT2D eigenvalue weighted by Gasteiger charge is -2.07. The predicted octanol–water partition coefficient (Wildman–Crippen LogP) is 3.28. The number of para-hydroxylation sites is 1. The van der Waals surface area contributed by atoms with Gasteiger partial charge in [0.05, 0.1) is 16.6 Å². The molecule has 3 N–H and O–H groups in total. The molecule has 0 unspecified atom stereocenters. The van der Waals surface area contributed by atoms with Crippen LogP contribution in [0.15, 0.2) is 59.4 Å². The van der Waals surface area contributed by atoms with Crippen LogP contribution >= 0.6 is 11.6 Å². The Morgan fingerprint density at radius 1 is 0.920 bits per heavy atom. The Labute approximate surface area is 147 Å². The number of aromatic nitrogens is 4. The van der Waals surface area contributed by atoms with Crippen LogP contribution in [0.2, 0.25) is 5.02 Å². The molecule has 0 aliphatic carbocycles. The molecule has 0 bridgehead atoms. The van der Waals surface area contributed by atoms with Crippen molar-refractivity contribution in [1.29, 1.82) is 0 Å². The van der Waals surface area contributed by atoms with Crippen LogP contribution < -0.4 is 11.3 Å². The van der Waals surface area contributed by atoms with E-state index in [-0.39, 0.29) is 11.5 Å². The van der Waals surface area contributed by atoms with Crippen LogP contribution in [0.3, 0.4) is 0 Å². The number of nitrogens with one attached hydrogen (secondary N) is 1. The van der Waals surface area contributed by atoms with Gasteiger partial charge in [0, 0.05) is 10.6 Å². The molecule has 122 valence electrons. The number of nitrogens with two attached hydrogens (primary N) is 1. The first-order valence-electron chi connectivity index (χ1n) is 7.51. The molecule has 0 saturated carbocycles. The van der Waals surface area contributed by atoms with Gasteiger partial charge in [0.25, 0.3) is 5.56 Å². The molecule has 0 radical (unpaired) electrons. The van der Waals surface area contributed by atoms with Crippen LogP contribution in [0.1, 0.15) is 0 Å². The van der Waals surface area contributed by atoms with Gasteiger partial charge in [-0.2, -0.15) is 0 Å². The largest absolute Gasteiger partial charge is 0.368 e. The molecule has 0 spiro atoms. The van der Waals surface area contributed by atoms with Gasteiger partial charge in [-0.1, -0.05) is 41.9 Å². The number of nitrogens with zero attached hydrogens (tertiary/aromatic N) is 3. The first kappa shape index (κ1) is 15.3. The maximum Gasteiger partial charge on any atom is 0.259 e. The van der Waals surface area contributed by atoms with Crippen molar-refractivity contribution in [3.63, 3.8) is 0 Å². The maximum atomic E-state index is 12.3. The first-order valence-corrected chi connectivity index (χ1v) is 7.88. The number of benzene rings is 2. The molecule has 0 fully saturated rings. The van der Waals surface area contributed by atoms with Crippen LogP contribution in [0.5, 0.6) is 0 Å². The molecule has 7 heteroatoms. The third-order valence-electron chi connectivity index (χ3n) is 3.75. The second-order valence-corrected chi connectivity index (χ2v) is 5.82. The van der Waals surface area contributed by atoms with Gasteiger partial charge in [-0.25, -0.2) is 15.0 Å². The Bertz CT molecular complexity index is 1160. The zero-order valence-electron chi connectivity index (χ0n) is 12.9. The summed E-state index contributed by atoms with van der Waals surface area (Å²) in [6.45, 7) is 0. The second-order valence-electron chi connectivity index (χ2n) is 5.41. The average Bonchev–Trinajstić information content (AvgIpc) is 2.61. The van der Waals surface area contributed by atoms with Crippen LogP contribution in [-0.4, -0.2) is 19.9 Å². The fourth-order valence-electron chi connectivity index (χ4n) is 2.60. The van der Waals surface area contributed by atoms with E-state index < -0.39 is 0 Å². The van der Waals surface area contributed by atoms with Crippen LogP contribution in [0.25, 0.3) is 33.7 Å². The van der Waals surface area contributed by atoms with Crippen molar-refractivity contribution in [2.45, 2.75) is 0 Å². The third-order valence-corrected chi connectivity index (χ3v) is 4.08. The fourth-order valence-corrected chi connectivity index (χ4v) is 2.83. The molecule has 6 nitrogen and oxygen atoms in total. The SMILES string of the molecule is Nc1nc(-c2nc3ccccc3c(=O)[nH]2)cc(-c2ccccc2Cl)n1. The summed E-state index contributed by atoms with van der Waals surface area (Å²) in [4.78, 5) is 27.9. The molecule has 25 heavy (non-hydrogen) atoms. The number of fused-ring (bicyclic) bond motifs is 1. The standard InChI is InChI=1S/C18H12ClN5O/c19-12-7-3-1-5-10(12)14-9-15(23-18(20)22-14)16-21-13-8-4-2-6-11(13)17(25)24-16/h1-9H,(H2,20,22,23)(H,21,24,25). The van der Waals surface area contributed by atoms with Crippen molar-refractivity contribution in [2.75, 3.05) is 5.73 Å². The van der Waals surface area contributed by atoms with E-state index in [0.717, 1.165) is 5.56 Å². The van der Waals surface area contributed by atoms with Gasteiger partial charge in [-0.3, -0.25) is 4.79 Å². The van der Waals surface area contributed by atoms with Gasteiger partial charge >= 0.3 is 0 Å². The molecule has 0 aliphatic heterocycles. The number of nitrogen functional groups attached to an aromatic ring is 1. The van der Waals surface area contributed by atoms with E-state index in [1.807, 2.05) is 24.3 Å². The molecule has 4 aromatic rings. The third kappa shape index (κ3) is 2.83. The highest BCUT2D eigenvalue weighted by molar-refractivity contribution is 6.33. The van der Waals surface area contributed by atoms with Gasteiger partial charge in [-0.15, -0.1) is 0 Å². The van der Waals surface area contributed by atoms with E-state index in [1.165, 1.54) is 0 Å². The molecule has 0 atom stereocenters. The summed E-state index contributed by atoms with van der Waals surface area (Å²) in [5, 5.41) is 1.06. The van der Waals surface area contributed by atoms with Gasteiger partial charge in [0.15, 0.2) is 5.82 Å². The summed E-state index contributed by atoms with van der Waals surface area (Å²) in [5.74, 6) is 0.398. The summed E-state index contributed by atoms with van der Waals surface area (Å²) in [7, 11) is 0. The number of H-pyrrole nitrogens is 1. The van der Waals surface area contributed by atoms with Crippen molar-refractivity contribution in [3.8, 4) is 22.8 Å². The number of hydrogen-bond donors (Lipinski definition) is 2. The first-order chi connectivity index (χ1) is 12.1. The van der Waals surface area contributed by atoms with Crippen molar-refractivity contribution < 1.29 is 0 Å². The molecule has 2 heterocycles. The number of rotatable bonds is 2. The van der Waals surface area contributed by atoms with Gasteiger partial charge < -0.3 is 10.7 Å². The van der Waals surface area contributed by atoms with E-state index >= 15 is 0 Å². The minimum atomic E-state index is -0.239. The highest BCUT2D eigenvalue weighted by Crippen LogP contribution is 2.28. The number of hydrogen-bond acceptors (Lipinski definition) is 5. The molecule has 0 saturated heterocycles. The molecule has 2 aromatic carbocycles. The average molecular weight is 350 g/mol. The normalized spacial score (nSPS) is 10.9. The molecular formula is C18H12ClN5O. The maximum absolute atomic E-state index is 12.3. The highest BCUT2D eigenvalue weighted by Gasteiger charge is 2.12. The van der Waals surface area contributed by atoms with Crippen LogP contribution in [0.4, 0.5) is 5.95 Å². The molecule has 0 amide bonds. The van der Waals surface area contributed by atoms with E-state index in [1.54, 1.807) is 30.3 Å². The minimum absolute atomic E-state index is 0.0724. The summed E-state index contributed by atoms with van der Waals surface area (Å²) in [6, 6.07) is 16.1. The van der Waals surface area contributed by atoms with E-state index in [4.69, 9.17) is 17.3 Å². The lowest BCUT2D eigenvalue weighted by molar-refractivity contribution is 1.12. The van der Waals surface area contributed by atoms with Crippen molar-refractivity contribution >= 4 is 28.5 Å². The lowest BCUT2D eigenvalue weighted by Crippen LogP contribution is -2.10. The Balaban J connectivity index is 1.92. The zero-order chi connectivity index (χ0) is 17.4. The Morgan fingerprint density at radius 2 is 1.64 bits per heavy atom. The monoisotopic (exact) mass is 349 g/mol. The number of halogens is 1. The van der Waals surface area contributed by atoms with Crippen molar-refractivity contribution in [1.82, 2.24) is 19.9 Å². The van der Waals surface area contributed by atoms with Crippen molar-refractivity contribution in [2.24, 2.45) is 0 Å². The summed E-state index contributed by atoms with van der Waals surface area (Å²) >= 11 is 6.24. The number of anilines is 1. The predicted molar refractivity (Wildman–Crippen MR) is 98.2 cm³/mol. The molecular weight excluding hydrogens is 338 g/mol. The van der Waals surface area contributed by atoms with Crippen LogP contribution in [-0.2, 0) is 0 Å².